The molecule has 3 heterocycles. The minimum Gasteiger partial charge on any atom is -0.481 e. The van der Waals surface area contributed by atoms with Crippen molar-refractivity contribution in [1.82, 2.24) is 15.0 Å². The maximum absolute atomic E-state index is 11.2. The van der Waals surface area contributed by atoms with Gasteiger partial charge in [0.1, 0.15) is 5.82 Å². The Morgan fingerprint density at radius 3 is 2.67 bits per heavy atom. The summed E-state index contributed by atoms with van der Waals surface area (Å²) in [6, 6.07) is 3.83. The largest absolute Gasteiger partial charge is 0.481 e. The molecule has 6 heteroatoms. The average Bonchev–Trinajstić information content (AvgIpc) is 2.62. The van der Waals surface area contributed by atoms with E-state index in [9.17, 15) is 9.90 Å². The van der Waals surface area contributed by atoms with Gasteiger partial charge in [0.05, 0.1) is 5.92 Å². The fraction of sp³-hybridized carbons (Fsp3) is 0.444. The molecule has 1 fully saturated rings. The molecule has 126 valence electrons. The van der Waals surface area contributed by atoms with Crippen molar-refractivity contribution < 1.29 is 9.90 Å². The molecular formula is C18H22N4O2. The number of rotatable bonds is 4. The number of aromatic nitrogens is 3. The lowest BCUT2D eigenvalue weighted by Crippen LogP contribution is -2.37. The molecule has 6 nitrogen and oxygen atoms in total. The number of aryl methyl sites for hydroxylation is 1. The number of pyridine rings is 1. The zero-order valence-electron chi connectivity index (χ0n) is 14.1. The summed E-state index contributed by atoms with van der Waals surface area (Å²) in [7, 11) is 0. The molecule has 0 unspecified atom stereocenters. The molecule has 2 aromatic rings. The van der Waals surface area contributed by atoms with Crippen molar-refractivity contribution in [2.75, 3.05) is 18.0 Å². The molecule has 2 aromatic heterocycles. The van der Waals surface area contributed by atoms with Crippen LogP contribution in [0.25, 0.3) is 11.4 Å². The minimum absolute atomic E-state index is 0.243. The fourth-order valence-corrected chi connectivity index (χ4v) is 3.22. The van der Waals surface area contributed by atoms with Crippen molar-refractivity contribution >= 4 is 11.8 Å². The van der Waals surface area contributed by atoms with Crippen molar-refractivity contribution in [3.8, 4) is 11.4 Å². The molecule has 0 atom stereocenters. The maximum atomic E-state index is 11.2. The third-order valence-electron chi connectivity index (χ3n) is 4.61. The molecule has 0 aliphatic carbocycles. The number of hydrogen-bond acceptors (Lipinski definition) is 5. The van der Waals surface area contributed by atoms with Gasteiger partial charge in [0, 0.05) is 42.3 Å². The molecule has 0 spiro atoms. The van der Waals surface area contributed by atoms with Gasteiger partial charge in [-0.05, 0) is 38.3 Å². The van der Waals surface area contributed by atoms with E-state index in [4.69, 9.17) is 4.98 Å². The van der Waals surface area contributed by atoms with Crippen LogP contribution in [0.3, 0.4) is 0 Å². The van der Waals surface area contributed by atoms with Gasteiger partial charge >= 0.3 is 5.97 Å². The van der Waals surface area contributed by atoms with Crippen LogP contribution in [0.5, 0.6) is 0 Å². The number of hydrogen-bond donors (Lipinski definition) is 1. The van der Waals surface area contributed by atoms with Crippen LogP contribution < -0.4 is 4.90 Å². The summed E-state index contributed by atoms with van der Waals surface area (Å²) in [4.78, 5) is 26.9. The molecule has 3 rings (SSSR count). The van der Waals surface area contributed by atoms with Crippen molar-refractivity contribution in [2.24, 2.45) is 5.92 Å². The highest BCUT2D eigenvalue weighted by Gasteiger charge is 2.27. The molecule has 1 aliphatic heterocycles. The summed E-state index contributed by atoms with van der Waals surface area (Å²) >= 11 is 0. The summed E-state index contributed by atoms with van der Waals surface area (Å²) in [6.45, 7) is 5.54. The Morgan fingerprint density at radius 2 is 2.08 bits per heavy atom. The Hall–Kier alpha value is -2.50. The first kappa shape index (κ1) is 16.4. The quantitative estimate of drug-likeness (QED) is 0.930. The zero-order chi connectivity index (χ0) is 17.1. The predicted octanol–water partition coefficient (Wildman–Crippen LogP) is 2.71. The highest BCUT2D eigenvalue weighted by molar-refractivity contribution is 5.70. The third kappa shape index (κ3) is 3.22. The van der Waals surface area contributed by atoms with Gasteiger partial charge in [0.25, 0.3) is 0 Å². The van der Waals surface area contributed by atoms with Gasteiger partial charge in [-0.15, -0.1) is 0 Å². The number of carboxylic acid groups (broad SMARTS) is 1. The van der Waals surface area contributed by atoms with Crippen molar-refractivity contribution in [2.45, 2.75) is 33.1 Å². The topological polar surface area (TPSA) is 79.2 Å². The van der Waals surface area contributed by atoms with E-state index in [0.29, 0.717) is 31.8 Å². The molecular weight excluding hydrogens is 304 g/mol. The highest BCUT2D eigenvalue weighted by Crippen LogP contribution is 2.29. The minimum atomic E-state index is -0.694. The zero-order valence-corrected chi connectivity index (χ0v) is 14.1. The molecule has 24 heavy (non-hydrogen) atoms. The van der Waals surface area contributed by atoms with E-state index in [0.717, 1.165) is 29.1 Å². The molecule has 0 radical (unpaired) electrons. The van der Waals surface area contributed by atoms with Gasteiger partial charge in [-0.25, -0.2) is 9.97 Å². The van der Waals surface area contributed by atoms with Gasteiger partial charge in [0.15, 0.2) is 5.82 Å². The molecule has 1 N–H and O–H groups in total. The molecule has 0 bridgehead atoms. The number of aliphatic carboxylic acids is 1. The average molecular weight is 326 g/mol. The van der Waals surface area contributed by atoms with E-state index < -0.39 is 5.97 Å². The van der Waals surface area contributed by atoms with E-state index in [1.807, 2.05) is 19.1 Å². The lowest BCUT2D eigenvalue weighted by Gasteiger charge is -2.32. The van der Waals surface area contributed by atoms with Gasteiger partial charge in [-0.1, -0.05) is 6.92 Å². The second-order valence-electron chi connectivity index (χ2n) is 6.13. The van der Waals surface area contributed by atoms with E-state index in [-0.39, 0.29) is 5.92 Å². The first-order chi connectivity index (χ1) is 11.6. The standard InChI is InChI=1S/C18H22N4O2/c1-3-15-12(2)20-16(14-5-4-8-19-11-14)21-17(15)22-9-6-13(7-10-22)18(23)24/h4-5,8,11,13H,3,6-7,9-10H2,1-2H3,(H,23,24). The first-order valence-corrected chi connectivity index (χ1v) is 8.35. The number of anilines is 1. The van der Waals surface area contributed by atoms with Crippen LogP contribution in [0, 0.1) is 12.8 Å². The van der Waals surface area contributed by atoms with Gasteiger partial charge < -0.3 is 10.0 Å². The Balaban J connectivity index is 1.94. The molecule has 0 saturated carbocycles. The number of carbonyl (C=O) groups is 1. The molecule has 1 aliphatic rings. The highest BCUT2D eigenvalue weighted by atomic mass is 16.4. The second-order valence-corrected chi connectivity index (χ2v) is 6.13. The SMILES string of the molecule is CCc1c(C)nc(-c2cccnc2)nc1N1CCC(C(=O)O)CC1. The predicted molar refractivity (Wildman–Crippen MR) is 92.0 cm³/mol. The number of nitrogens with zero attached hydrogens (tertiary/aromatic N) is 4. The smallest absolute Gasteiger partial charge is 0.306 e. The fourth-order valence-electron chi connectivity index (χ4n) is 3.22. The monoisotopic (exact) mass is 326 g/mol. The van der Waals surface area contributed by atoms with Crippen LogP contribution >= 0.6 is 0 Å². The van der Waals surface area contributed by atoms with E-state index >= 15 is 0 Å². The molecule has 1 saturated heterocycles. The summed E-state index contributed by atoms with van der Waals surface area (Å²) in [5, 5.41) is 9.18. The molecule has 0 amide bonds. The van der Waals surface area contributed by atoms with E-state index in [2.05, 4.69) is 21.8 Å². The van der Waals surface area contributed by atoms with Crippen molar-refractivity contribution in [1.29, 1.82) is 0 Å². The maximum Gasteiger partial charge on any atom is 0.306 e. The van der Waals surface area contributed by atoms with Crippen LogP contribution in [-0.2, 0) is 11.2 Å². The lowest BCUT2D eigenvalue weighted by atomic mass is 9.96. The van der Waals surface area contributed by atoms with Crippen LogP contribution in [0.4, 0.5) is 5.82 Å². The van der Waals surface area contributed by atoms with Crippen molar-refractivity contribution in [3.63, 3.8) is 0 Å². The van der Waals surface area contributed by atoms with Gasteiger partial charge in [0.2, 0.25) is 0 Å². The van der Waals surface area contributed by atoms with E-state index in [1.54, 1.807) is 12.4 Å². The van der Waals surface area contributed by atoms with Crippen LogP contribution in [0.15, 0.2) is 24.5 Å². The van der Waals surface area contributed by atoms with Gasteiger partial charge in [-0.2, -0.15) is 0 Å². The summed E-state index contributed by atoms with van der Waals surface area (Å²) in [5.41, 5.74) is 3.00. The first-order valence-electron chi connectivity index (χ1n) is 8.35. The number of carboxylic acids is 1. The second kappa shape index (κ2) is 6.95. The Bertz CT molecular complexity index is 725. The summed E-state index contributed by atoms with van der Waals surface area (Å²) < 4.78 is 0. The van der Waals surface area contributed by atoms with Crippen LogP contribution in [0.2, 0.25) is 0 Å². The Kier molecular flexibility index (Phi) is 4.74. The van der Waals surface area contributed by atoms with E-state index in [1.165, 1.54) is 0 Å². The molecule has 0 aromatic carbocycles. The summed E-state index contributed by atoms with van der Waals surface area (Å²) in [6.07, 6.45) is 5.66. The Labute approximate surface area is 141 Å². The lowest BCUT2D eigenvalue weighted by molar-refractivity contribution is -0.142. The third-order valence-corrected chi connectivity index (χ3v) is 4.61. The van der Waals surface area contributed by atoms with Gasteiger partial charge in [-0.3, -0.25) is 9.78 Å². The van der Waals surface area contributed by atoms with Crippen LogP contribution in [0.1, 0.15) is 31.0 Å². The number of piperidine rings is 1. The van der Waals surface area contributed by atoms with Crippen molar-refractivity contribution in [3.05, 3.63) is 35.8 Å². The Morgan fingerprint density at radius 1 is 1.33 bits per heavy atom. The van der Waals surface area contributed by atoms with Crippen LogP contribution in [-0.4, -0.2) is 39.1 Å². The summed E-state index contributed by atoms with van der Waals surface area (Å²) in [5.74, 6) is 0.674. The normalized spacial score (nSPS) is 15.5.